The molecule has 3 nitrogen and oxygen atoms in total. The number of nitrogens with zero attached hydrogens (tertiary/aromatic N) is 1. The summed E-state index contributed by atoms with van der Waals surface area (Å²) in [6.45, 7) is 6.15. The topological polar surface area (TPSA) is 45.2 Å². The lowest BCUT2D eigenvalue weighted by atomic mass is 10.2. The predicted octanol–water partition coefficient (Wildman–Crippen LogP) is 3.99. The highest BCUT2D eigenvalue weighted by Crippen LogP contribution is 2.27. The zero-order valence-electron chi connectivity index (χ0n) is 11.5. The molecule has 0 spiro atoms. The van der Waals surface area contributed by atoms with E-state index in [1.54, 1.807) is 23.9 Å². The smallest absolute Gasteiger partial charge is 0.138 e. The first-order valence-electron chi connectivity index (χ1n) is 6.43. The Morgan fingerprint density at radius 1 is 1.30 bits per heavy atom. The van der Waals surface area contributed by atoms with Crippen LogP contribution in [0.3, 0.4) is 0 Å². The number of hydrogen-bond acceptors (Lipinski definition) is 4. The molecule has 0 aliphatic carbocycles. The lowest BCUT2D eigenvalue weighted by molar-refractivity contribution is 0.464. The van der Waals surface area contributed by atoms with Gasteiger partial charge in [0.15, 0.2) is 0 Å². The monoisotopic (exact) mass is 286 g/mol. The zero-order valence-corrected chi connectivity index (χ0v) is 12.3. The Hall–Kier alpha value is -1.94. The number of nitrogens with one attached hydrogen (secondary N) is 1. The van der Waals surface area contributed by atoms with E-state index in [1.807, 2.05) is 31.2 Å². The zero-order chi connectivity index (χ0) is 14.4. The molecule has 0 unspecified atom stereocenters. The predicted molar refractivity (Wildman–Crippen MR) is 85.3 cm³/mol. The van der Waals surface area contributed by atoms with Crippen LogP contribution in [0.25, 0.3) is 0 Å². The number of rotatable bonds is 6. The van der Waals surface area contributed by atoms with Crippen molar-refractivity contribution in [3.05, 3.63) is 60.4 Å². The quantitative estimate of drug-likeness (QED) is 0.622. The highest BCUT2D eigenvalue weighted by molar-refractivity contribution is 7.99. The Labute approximate surface area is 123 Å². The maximum atomic E-state index is 9.80. The summed E-state index contributed by atoms with van der Waals surface area (Å²) < 4.78 is 0. The van der Waals surface area contributed by atoms with Crippen LogP contribution in [-0.2, 0) is 6.54 Å². The maximum Gasteiger partial charge on any atom is 0.138 e. The van der Waals surface area contributed by atoms with Gasteiger partial charge in [-0.1, -0.05) is 18.2 Å². The minimum atomic E-state index is 0.222. The maximum absolute atomic E-state index is 9.80. The first-order chi connectivity index (χ1) is 9.70. The van der Waals surface area contributed by atoms with Crippen LogP contribution in [0.1, 0.15) is 11.4 Å². The Morgan fingerprint density at radius 3 is 2.90 bits per heavy atom. The summed E-state index contributed by atoms with van der Waals surface area (Å²) in [4.78, 5) is 5.51. The van der Waals surface area contributed by atoms with Gasteiger partial charge in [-0.3, -0.25) is 4.98 Å². The van der Waals surface area contributed by atoms with Gasteiger partial charge >= 0.3 is 0 Å². The van der Waals surface area contributed by atoms with Crippen molar-refractivity contribution in [2.75, 3.05) is 11.1 Å². The molecule has 0 bridgehead atoms. The van der Waals surface area contributed by atoms with Gasteiger partial charge in [0.1, 0.15) is 11.4 Å². The van der Waals surface area contributed by atoms with Crippen LogP contribution in [0.2, 0.25) is 0 Å². The fraction of sp³-hybridized carbons (Fsp3) is 0.188. The van der Waals surface area contributed by atoms with Crippen LogP contribution in [0.15, 0.2) is 53.9 Å². The average Bonchev–Trinajstić information content (AvgIpc) is 2.47. The van der Waals surface area contributed by atoms with Gasteiger partial charge < -0.3 is 10.4 Å². The second-order valence-electron chi connectivity index (χ2n) is 4.37. The van der Waals surface area contributed by atoms with Gasteiger partial charge in [0, 0.05) is 22.0 Å². The highest BCUT2D eigenvalue weighted by Gasteiger charge is 2.05. The molecule has 0 atom stereocenters. The molecule has 4 heteroatoms. The highest BCUT2D eigenvalue weighted by atomic mass is 32.2. The largest absolute Gasteiger partial charge is 0.506 e. The molecule has 0 saturated carbocycles. The van der Waals surface area contributed by atoms with Gasteiger partial charge in [-0.25, -0.2) is 0 Å². The van der Waals surface area contributed by atoms with E-state index >= 15 is 0 Å². The van der Waals surface area contributed by atoms with Crippen molar-refractivity contribution >= 4 is 17.4 Å². The standard InChI is InChI=1S/C16H18N2OS/c1-3-10-20-16-7-5-4-6-13(16)17-11-14-15(19)9-8-12(2)18-14/h3-9,17,19H,1,10-11H2,2H3. The number of pyridine rings is 1. The molecule has 2 N–H and O–H groups in total. The number of thioether (sulfide) groups is 1. The molecule has 0 amide bonds. The summed E-state index contributed by atoms with van der Waals surface area (Å²) in [7, 11) is 0. The minimum absolute atomic E-state index is 0.222. The third-order valence-corrected chi connectivity index (χ3v) is 3.85. The molecule has 0 aliphatic rings. The summed E-state index contributed by atoms with van der Waals surface area (Å²) in [5.74, 6) is 1.09. The van der Waals surface area contributed by atoms with E-state index < -0.39 is 0 Å². The van der Waals surface area contributed by atoms with Crippen molar-refractivity contribution in [2.45, 2.75) is 18.4 Å². The second-order valence-corrected chi connectivity index (χ2v) is 5.43. The van der Waals surface area contributed by atoms with Crippen molar-refractivity contribution < 1.29 is 5.11 Å². The van der Waals surface area contributed by atoms with Gasteiger partial charge in [0.2, 0.25) is 0 Å². The first-order valence-corrected chi connectivity index (χ1v) is 7.41. The molecule has 0 saturated heterocycles. The Bertz CT molecular complexity index is 599. The van der Waals surface area contributed by atoms with Crippen molar-refractivity contribution in [1.29, 1.82) is 0 Å². The van der Waals surface area contributed by atoms with Crippen LogP contribution in [0.4, 0.5) is 5.69 Å². The lowest BCUT2D eigenvalue weighted by Crippen LogP contribution is -2.03. The Kier molecular flexibility index (Phi) is 5.07. The molecule has 0 radical (unpaired) electrons. The van der Waals surface area contributed by atoms with E-state index in [-0.39, 0.29) is 5.75 Å². The van der Waals surface area contributed by atoms with Gasteiger partial charge in [0.05, 0.1) is 6.54 Å². The number of hydrogen-bond donors (Lipinski definition) is 2. The molecule has 20 heavy (non-hydrogen) atoms. The normalized spacial score (nSPS) is 10.2. The number of para-hydroxylation sites is 1. The SMILES string of the molecule is C=CCSc1ccccc1NCc1nc(C)ccc1O. The minimum Gasteiger partial charge on any atom is -0.506 e. The van der Waals surface area contributed by atoms with E-state index in [0.29, 0.717) is 12.2 Å². The van der Waals surface area contributed by atoms with Crippen LogP contribution in [0, 0.1) is 6.92 Å². The van der Waals surface area contributed by atoms with Crippen molar-refractivity contribution in [2.24, 2.45) is 0 Å². The molecule has 1 aromatic carbocycles. The summed E-state index contributed by atoms with van der Waals surface area (Å²) in [6.07, 6.45) is 1.88. The van der Waals surface area contributed by atoms with Crippen LogP contribution < -0.4 is 5.32 Å². The Morgan fingerprint density at radius 2 is 2.10 bits per heavy atom. The van der Waals surface area contributed by atoms with Gasteiger partial charge in [0.25, 0.3) is 0 Å². The van der Waals surface area contributed by atoms with Crippen LogP contribution in [-0.4, -0.2) is 15.8 Å². The van der Waals surface area contributed by atoms with Gasteiger partial charge in [-0.15, -0.1) is 18.3 Å². The molecule has 2 rings (SSSR count). The van der Waals surface area contributed by atoms with Crippen molar-refractivity contribution in [3.63, 3.8) is 0 Å². The number of aryl methyl sites for hydroxylation is 1. The Balaban J connectivity index is 2.10. The molecule has 0 fully saturated rings. The van der Waals surface area contributed by atoms with E-state index in [4.69, 9.17) is 0 Å². The molecule has 1 aromatic heterocycles. The molecular weight excluding hydrogens is 268 g/mol. The fourth-order valence-electron chi connectivity index (χ4n) is 1.80. The number of aromatic nitrogens is 1. The first kappa shape index (κ1) is 14.5. The van der Waals surface area contributed by atoms with Crippen LogP contribution in [0.5, 0.6) is 5.75 Å². The summed E-state index contributed by atoms with van der Waals surface area (Å²) in [6, 6.07) is 11.6. The number of aromatic hydroxyl groups is 1. The molecule has 1 heterocycles. The third kappa shape index (κ3) is 3.78. The van der Waals surface area contributed by atoms with E-state index in [0.717, 1.165) is 17.1 Å². The number of anilines is 1. The lowest BCUT2D eigenvalue weighted by Gasteiger charge is -2.11. The second kappa shape index (κ2) is 7.01. The van der Waals surface area contributed by atoms with Gasteiger partial charge in [-0.05, 0) is 31.2 Å². The molecule has 2 aromatic rings. The van der Waals surface area contributed by atoms with Crippen molar-refractivity contribution in [3.8, 4) is 5.75 Å². The summed E-state index contributed by atoms with van der Waals surface area (Å²) in [5, 5.41) is 13.1. The third-order valence-electron chi connectivity index (χ3n) is 2.78. The van der Waals surface area contributed by atoms with Crippen molar-refractivity contribution in [1.82, 2.24) is 4.98 Å². The summed E-state index contributed by atoms with van der Waals surface area (Å²) in [5.41, 5.74) is 2.60. The fourth-order valence-corrected chi connectivity index (χ4v) is 2.57. The summed E-state index contributed by atoms with van der Waals surface area (Å²) >= 11 is 1.73. The molecule has 104 valence electrons. The number of benzene rings is 1. The van der Waals surface area contributed by atoms with E-state index in [9.17, 15) is 5.11 Å². The van der Waals surface area contributed by atoms with E-state index in [1.165, 1.54) is 4.90 Å². The average molecular weight is 286 g/mol. The van der Waals surface area contributed by atoms with Crippen LogP contribution >= 0.6 is 11.8 Å². The van der Waals surface area contributed by atoms with E-state index in [2.05, 4.69) is 22.9 Å². The molecular formula is C16H18N2OS. The molecule has 0 aliphatic heterocycles. The van der Waals surface area contributed by atoms with Gasteiger partial charge in [-0.2, -0.15) is 0 Å².